The molecular weight excluding hydrogens is 128 g/mol. The van der Waals surface area contributed by atoms with Crippen molar-refractivity contribution in [2.75, 3.05) is 6.54 Å². The Morgan fingerprint density at radius 2 is 2.40 bits per heavy atom. The van der Waals surface area contributed by atoms with E-state index in [2.05, 4.69) is 16.1 Å². The zero-order valence-electron chi connectivity index (χ0n) is 5.62. The van der Waals surface area contributed by atoms with Crippen molar-refractivity contribution in [3.05, 3.63) is 10.4 Å². The minimum absolute atomic E-state index is 0.0704. The molecule has 1 aliphatic rings. The number of rotatable bonds is 3. The van der Waals surface area contributed by atoms with Crippen LogP contribution in [0.4, 0.5) is 0 Å². The van der Waals surface area contributed by atoms with Crippen molar-refractivity contribution < 1.29 is 0 Å². The van der Waals surface area contributed by atoms with Crippen LogP contribution in [0, 0.1) is 16.7 Å². The Kier molecular flexibility index (Phi) is 1.79. The van der Waals surface area contributed by atoms with Gasteiger partial charge in [-0.2, -0.15) is 5.26 Å². The molecule has 0 N–H and O–H groups in total. The Labute approximate surface area is 59.1 Å². The lowest BCUT2D eigenvalue weighted by atomic mass is 10.0. The third-order valence-electron chi connectivity index (χ3n) is 1.88. The first-order chi connectivity index (χ1) is 4.83. The van der Waals surface area contributed by atoms with Crippen LogP contribution in [-0.2, 0) is 0 Å². The molecule has 0 aromatic heterocycles. The SMILES string of the molecule is N#CCC1(CN=[N+]=[N-])CC1. The van der Waals surface area contributed by atoms with E-state index < -0.39 is 0 Å². The largest absolute Gasteiger partial charge is 0.198 e. The third kappa shape index (κ3) is 1.40. The molecule has 1 saturated carbocycles. The van der Waals surface area contributed by atoms with Crippen LogP contribution in [0.5, 0.6) is 0 Å². The van der Waals surface area contributed by atoms with E-state index in [1.54, 1.807) is 0 Å². The van der Waals surface area contributed by atoms with Crippen molar-refractivity contribution >= 4 is 0 Å². The third-order valence-corrected chi connectivity index (χ3v) is 1.88. The van der Waals surface area contributed by atoms with E-state index in [4.69, 9.17) is 10.8 Å². The molecule has 0 spiro atoms. The quantitative estimate of drug-likeness (QED) is 0.332. The van der Waals surface area contributed by atoms with Gasteiger partial charge in [-0.25, -0.2) is 0 Å². The maximum Gasteiger partial charge on any atom is 0.0627 e. The Morgan fingerprint density at radius 3 is 2.80 bits per heavy atom. The Morgan fingerprint density at radius 1 is 1.70 bits per heavy atom. The molecule has 4 nitrogen and oxygen atoms in total. The molecule has 0 amide bonds. The van der Waals surface area contributed by atoms with Gasteiger partial charge in [0.15, 0.2) is 0 Å². The van der Waals surface area contributed by atoms with Gasteiger partial charge in [-0.1, -0.05) is 5.11 Å². The zero-order valence-corrected chi connectivity index (χ0v) is 5.62. The lowest BCUT2D eigenvalue weighted by Crippen LogP contribution is -2.02. The molecule has 0 aromatic rings. The van der Waals surface area contributed by atoms with E-state index in [1.807, 2.05) is 0 Å². The standard InChI is InChI=1S/C6H8N4/c7-4-3-6(1-2-6)5-9-10-8/h1-3,5H2. The van der Waals surface area contributed by atoms with Crippen molar-refractivity contribution in [2.24, 2.45) is 10.5 Å². The molecule has 10 heavy (non-hydrogen) atoms. The topological polar surface area (TPSA) is 72.5 Å². The van der Waals surface area contributed by atoms with Crippen molar-refractivity contribution in [3.8, 4) is 6.07 Å². The van der Waals surface area contributed by atoms with Crippen molar-refractivity contribution in [3.63, 3.8) is 0 Å². The lowest BCUT2D eigenvalue weighted by Gasteiger charge is -2.02. The maximum atomic E-state index is 8.36. The van der Waals surface area contributed by atoms with Crippen LogP contribution in [0.3, 0.4) is 0 Å². The first kappa shape index (κ1) is 6.91. The average molecular weight is 136 g/mol. The van der Waals surface area contributed by atoms with Crippen LogP contribution in [0.2, 0.25) is 0 Å². The van der Waals surface area contributed by atoms with E-state index >= 15 is 0 Å². The van der Waals surface area contributed by atoms with Crippen LogP contribution in [0.1, 0.15) is 19.3 Å². The number of azide groups is 1. The van der Waals surface area contributed by atoms with Gasteiger partial charge in [-0.05, 0) is 23.8 Å². The molecule has 0 heterocycles. The van der Waals surface area contributed by atoms with Gasteiger partial charge in [0.1, 0.15) is 0 Å². The maximum absolute atomic E-state index is 8.36. The molecule has 1 fully saturated rings. The van der Waals surface area contributed by atoms with Crippen molar-refractivity contribution in [2.45, 2.75) is 19.3 Å². The van der Waals surface area contributed by atoms with Crippen LogP contribution in [-0.4, -0.2) is 6.54 Å². The molecule has 0 radical (unpaired) electrons. The average Bonchev–Trinajstić information content (AvgIpc) is 2.67. The number of hydrogen-bond acceptors (Lipinski definition) is 2. The molecule has 0 bridgehead atoms. The van der Waals surface area contributed by atoms with Crippen molar-refractivity contribution in [1.29, 1.82) is 5.26 Å². The summed E-state index contributed by atoms with van der Waals surface area (Å²) in [5.74, 6) is 0. The second-order valence-corrected chi connectivity index (χ2v) is 2.72. The first-order valence-electron chi connectivity index (χ1n) is 3.21. The summed E-state index contributed by atoms with van der Waals surface area (Å²) < 4.78 is 0. The minimum Gasteiger partial charge on any atom is -0.198 e. The predicted molar refractivity (Wildman–Crippen MR) is 35.9 cm³/mol. The number of hydrogen-bond donors (Lipinski definition) is 0. The van der Waals surface area contributed by atoms with Gasteiger partial charge < -0.3 is 0 Å². The summed E-state index contributed by atoms with van der Waals surface area (Å²) in [6, 6.07) is 2.10. The van der Waals surface area contributed by atoms with Crippen LogP contribution < -0.4 is 0 Å². The highest BCUT2D eigenvalue weighted by Gasteiger charge is 2.41. The van der Waals surface area contributed by atoms with E-state index in [-0.39, 0.29) is 5.41 Å². The summed E-state index contributed by atoms with van der Waals surface area (Å²) in [4.78, 5) is 2.66. The Balaban J connectivity index is 2.38. The van der Waals surface area contributed by atoms with Gasteiger partial charge in [0, 0.05) is 17.9 Å². The smallest absolute Gasteiger partial charge is 0.0627 e. The van der Waals surface area contributed by atoms with Crippen molar-refractivity contribution in [1.82, 2.24) is 0 Å². The Bertz CT molecular complexity index is 204. The number of nitrogens with zero attached hydrogens (tertiary/aromatic N) is 4. The lowest BCUT2D eigenvalue weighted by molar-refractivity contribution is 0.537. The first-order valence-corrected chi connectivity index (χ1v) is 3.21. The fraction of sp³-hybridized carbons (Fsp3) is 0.833. The fourth-order valence-corrected chi connectivity index (χ4v) is 0.917. The van der Waals surface area contributed by atoms with E-state index in [0.717, 1.165) is 12.8 Å². The van der Waals surface area contributed by atoms with Crippen LogP contribution >= 0.6 is 0 Å². The normalized spacial score (nSPS) is 18.7. The van der Waals surface area contributed by atoms with Gasteiger partial charge >= 0.3 is 0 Å². The molecule has 0 aromatic carbocycles. The van der Waals surface area contributed by atoms with Gasteiger partial charge in [0.05, 0.1) is 6.07 Å². The predicted octanol–water partition coefficient (Wildman–Crippen LogP) is 1.99. The van der Waals surface area contributed by atoms with E-state index in [9.17, 15) is 0 Å². The molecule has 0 saturated heterocycles. The summed E-state index contributed by atoms with van der Waals surface area (Å²) in [5.41, 5.74) is 8.07. The van der Waals surface area contributed by atoms with Gasteiger partial charge in [-0.3, -0.25) is 0 Å². The number of nitriles is 1. The molecule has 0 atom stereocenters. The summed E-state index contributed by atoms with van der Waals surface area (Å²) in [5, 5.41) is 11.8. The molecule has 52 valence electrons. The summed E-state index contributed by atoms with van der Waals surface area (Å²) in [6.45, 7) is 0.497. The molecule has 0 unspecified atom stereocenters. The fourth-order valence-electron chi connectivity index (χ4n) is 0.917. The molecule has 4 heteroatoms. The van der Waals surface area contributed by atoms with Gasteiger partial charge in [0.25, 0.3) is 0 Å². The van der Waals surface area contributed by atoms with Crippen LogP contribution in [0.15, 0.2) is 5.11 Å². The summed E-state index contributed by atoms with van der Waals surface area (Å²) in [7, 11) is 0. The second-order valence-electron chi connectivity index (χ2n) is 2.72. The summed E-state index contributed by atoms with van der Waals surface area (Å²) in [6.07, 6.45) is 2.62. The van der Waals surface area contributed by atoms with Crippen LogP contribution in [0.25, 0.3) is 10.4 Å². The van der Waals surface area contributed by atoms with E-state index in [1.165, 1.54) is 0 Å². The second kappa shape index (κ2) is 2.59. The molecule has 1 aliphatic carbocycles. The highest BCUT2D eigenvalue weighted by Crippen LogP contribution is 2.48. The molecular formula is C6H8N4. The van der Waals surface area contributed by atoms with E-state index in [0.29, 0.717) is 13.0 Å². The monoisotopic (exact) mass is 136 g/mol. The van der Waals surface area contributed by atoms with Gasteiger partial charge in [-0.15, -0.1) is 0 Å². The van der Waals surface area contributed by atoms with Gasteiger partial charge in [0.2, 0.25) is 0 Å². The minimum atomic E-state index is 0.0704. The zero-order chi connectivity index (χ0) is 7.45. The highest BCUT2D eigenvalue weighted by atomic mass is 15.1. The summed E-state index contributed by atoms with van der Waals surface area (Å²) >= 11 is 0. The Hall–Kier alpha value is -1.20. The molecule has 0 aliphatic heterocycles. The highest BCUT2D eigenvalue weighted by molar-refractivity contribution is 5.00. The molecule has 1 rings (SSSR count).